The summed E-state index contributed by atoms with van der Waals surface area (Å²) in [5.74, 6) is -1.71. The molecule has 0 aliphatic carbocycles. The Bertz CT molecular complexity index is 350. The second kappa shape index (κ2) is 19.0. The van der Waals surface area contributed by atoms with E-state index in [2.05, 4.69) is 6.92 Å². The molecule has 0 saturated heterocycles. The summed E-state index contributed by atoms with van der Waals surface area (Å²) in [6.45, 7) is 2.64. The Morgan fingerprint density at radius 2 is 1.08 bits per heavy atom. The molecule has 0 atom stereocenters. The summed E-state index contributed by atoms with van der Waals surface area (Å²) < 4.78 is 4.92. The number of aliphatic carboxylic acids is 1. The van der Waals surface area contributed by atoms with Gasteiger partial charge in [0.1, 0.15) is 0 Å². The number of hydrogen-bond donors (Lipinski definition) is 1. The standard InChI is InChI=1S/C21H38O4/c1-2-3-4-5-6-7-8-9-10-11-12-13-14-15-16-19-25-21(24)18-17-20(22)23/h17-18H,2-16,19H2,1H3,(H,22,23)/b18-17-. The van der Waals surface area contributed by atoms with Crippen LogP contribution in [0.4, 0.5) is 0 Å². The number of rotatable bonds is 18. The summed E-state index contributed by atoms with van der Waals surface area (Å²) in [6, 6.07) is 0. The third-order valence-electron chi connectivity index (χ3n) is 4.35. The summed E-state index contributed by atoms with van der Waals surface area (Å²) in [6.07, 6.45) is 21.3. The van der Waals surface area contributed by atoms with E-state index in [1.165, 1.54) is 83.5 Å². The maximum Gasteiger partial charge on any atom is 0.331 e. The molecule has 0 bridgehead atoms. The molecule has 0 fully saturated rings. The van der Waals surface area contributed by atoms with Gasteiger partial charge in [-0.05, 0) is 6.42 Å². The van der Waals surface area contributed by atoms with Crippen LogP contribution in [0.1, 0.15) is 103 Å². The van der Waals surface area contributed by atoms with E-state index < -0.39 is 11.9 Å². The number of esters is 1. The largest absolute Gasteiger partial charge is 0.478 e. The first-order valence-electron chi connectivity index (χ1n) is 10.2. The van der Waals surface area contributed by atoms with Gasteiger partial charge in [-0.2, -0.15) is 0 Å². The maximum absolute atomic E-state index is 11.1. The van der Waals surface area contributed by atoms with Crippen LogP contribution in [0.5, 0.6) is 0 Å². The highest BCUT2D eigenvalue weighted by Crippen LogP contribution is 2.13. The summed E-state index contributed by atoms with van der Waals surface area (Å²) in [5.41, 5.74) is 0. The first-order chi connectivity index (χ1) is 12.2. The van der Waals surface area contributed by atoms with Gasteiger partial charge in [0, 0.05) is 12.2 Å². The lowest BCUT2D eigenvalue weighted by Crippen LogP contribution is -2.03. The van der Waals surface area contributed by atoms with Gasteiger partial charge in [-0.15, -0.1) is 0 Å². The Balaban J connectivity index is 3.14. The van der Waals surface area contributed by atoms with E-state index in [9.17, 15) is 9.59 Å². The first kappa shape index (κ1) is 23.7. The van der Waals surface area contributed by atoms with E-state index in [-0.39, 0.29) is 0 Å². The molecule has 0 unspecified atom stereocenters. The smallest absolute Gasteiger partial charge is 0.331 e. The van der Waals surface area contributed by atoms with Crippen molar-refractivity contribution in [3.63, 3.8) is 0 Å². The second-order valence-corrected chi connectivity index (χ2v) is 6.79. The van der Waals surface area contributed by atoms with Gasteiger partial charge < -0.3 is 9.84 Å². The Morgan fingerprint density at radius 1 is 0.680 bits per heavy atom. The average Bonchev–Trinajstić information content (AvgIpc) is 2.59. The fraction of sp³-hybridized carbons (Fsp3) is 0.810. The molecular weight excluding hydrogens is 316 g/mol. The van der Waals surface area contributed by atoms with Crippen molar-refractivity contribution in [3.05, 3.63) is 12.2 Å². The molecule has 0 aromatic carbocycles. The summed E-state index contributed by atoms with van der Waals surface area (Å²) in [7, 11) is 0. The zero-order valence-corrected chi connectivity index (χ0v) is 16.1. The van der Waals surface area contributed by atoms with E-state index in [4.69, 9.17) is 9.84 Å². The Kier molecular flexibility index (Phi) is 18.0. The van der Waals surface area contributed by atoms with Crippen LogP contribution in [-0.4, -0.2) is 23.7 Å². The normalized spacial score (nSPS) is 11.1. The fourth-order valence-corrected chi connectivity index (χ4v) is 2.83. The van der Waals surface area contributed by atoms with Crippen molar-refractivity contribution in [3.8, 4) is 0 Å². The SMILES string of the molecule is CCCCCCCCCCCCCCCCCOC(=O)/C=C\C(=O)O. The molecule has 4 nitrogen and oxygen atoms in total. The van der Waals surface area contributed by atoms with Crippen LogP contribution in [0, 0.1) is 0 Å². The highest BCUT2D eigenvalue weighted by atomic mass is 16.5. The van der Waals surface area contributed by atoms with Crippen LogP contribution >= 0.6 is 0 Å². The number of carbonyl (C=O) groups is 2. The van der Waals surface area contributed by atoms with E-state index in [0.29, 0.717) is 6.61 Å². The number of unbranched alkanes of at least 4 members (excludes halogenated alkanes) is 14. The number of carbonyl (C=O) groups excluding carboxylic acids is 1. The Hall–Kier alpha value is -1.32. The Morgan fingerprint density at radius 3 is 1.48 bits per heavy atom. The minimum atomic E-state index is -1.14. The molecule has 1 N–H and O–H groups in total. The molecule has 0 saturated carbocycles. The average molecular weight is 355 g/mol. The molecule has 0 aliphatic rings. The molecular formula is C21H38O4. The highest BCUT2D eigenvalue weighted by Gasteiger charge is 1.98. The molecule has 0 radical (unpaired) electrons. The highest BCUT2D eigenvalue weighted by molar-refractivity contribution is 5.90. The van der Waals surface area contributed by atoms with Crippen LogP contribution < -0.4 is 0 Å². The molecule has 0 aromatic heterocycles. The van der Waals surface area contributed by atoms with Gasteiger partial charge in [-0.25, -0.2) is 9.59 Å². The van der Waals surface area contributed by atoms with Crippen molar-refractivity contribution in [1.82, 2.24) is 0 Å². The van der Waals surface area contributed by atoms with Crippen molar-refractivity contribution in [2.75, 3.05) is 6.61 Å². The van der Waals surface area contributed by atoms with Crippen LogP contribution in [0.15, 0.2) is 12.2 Å². The summed E-state index contributed by atoms with van der Waals surface area (Å²) >= 11 is 0. The molecule has 0 aliphatic heterocycles. The fourth-order valence-electron chi connectivity index (χ4n) is 2.83. The van der Waals surface area contributed by atoms with E-state index in [1.54, 1.807) is 0 Å². The predicted molar refractivity (Wildman–Crippen MR) is 103 cm³/mol. The first-order valence-corrected chi connectivity index (χ1v) is 10.2. The third kappa shape index (κ3) is 20.6. The van der Waals surface area contributed by atoms with Gasteiger partial charge in [-0.3, -0.25) is 0 Å². The van der Waals surface area contributed by atoms with Crippen LogP contribution in [-0.2, 0) is 14.3 Å². The van der Waals surface area contributed by atoms with Gasteiger partial charge in [0.15, 0.2) is 0 Å². The molecule has 0 amide bonds. The summed E-state index contributed by atoms with van der Waals surface area (Å²) in [4.78, 5) is 21.4. The zero-order chi connectivity index (χ0) is 18.6. The minimum absolute atomic E-state index is 0.376. The molecule has 146 valence electrons. The van der Waals surface area contributed by atoms with Gasteiger partial charge in [-0.1, -0.05) is 96.8 Å². The zero-order valence-electron chi connectivity index (χ0n) is 16.1. The van der Waals surface area contributed by atoms with Crippen molar-refractivity contribution >= 4 is 11.9 Å². The lowest BCUT2D eigenvalue weighted by Gasteiger charge is -2.04. The monoisotopic (exact) mass is 354 g/mol. The quantitative estimate of drug-likeness (QED) is 0.185. The number of carboxylic acids is 1. The molecule has 25 heavy (non-hydrogen) atoms. The molecule has 0 aromatic rings. The molecule has 0 spiro atoms. The molecule has 0 rings (SSSR count). The van der Waals surface area contributed by atoms with E-state index >= 15 is 0 Å². The van der Waals surface area contributed by atoms with Gasteiger partial charge in [0.2, 0.25) is 0 Å². The lowest BCUT2D eigenvalue weighted by atomic mass is 10.0. The van der Waals surface area contributed by atoms with Crippen molar-refractivity contribution in [1.29, 1.82) is 0 Å². The van der Waals surface area contributed by atoms with Crippen LogP contribution in [0.2, 0.25) is 0 Å². The van der Waals surface area contributed by atoms with E-state index in [1.807, 2.05) is 0 Å². The van der Waals surface area contributed by atoms with Crippen molar-refractivity contribution in [2.24, 2.45) is 0 Å². The lowest BCUT2D eigenvalue weighted by molar-refractivity contribution is -0.138. The van der Waals surface area contributed by atoms with Gasteiger partial charge >= 0.3 is 11.9 Å². The molecule has 0 heterocycles. The van der Waals surface area contributed by atoms with Gasteiger partial charge in [0.05, 0.1) is 6.61 Å². The number of carboxylic acid groups (broad SMARTS) is 1. The predicted octanol–water partition coefficient (Wildman–Crippen LogP) is 6.04. The number of ether oxygens (including phenoxy) is 1. The second-order valence-electron chi connectivity index (χ2n) is 6.79. The van der Waals surface area contributed by atoms with Gasteiger partial charge in [0.25, 0.3) is 0 Å². The third-order valence-corrected chi connectivity index (χ3v) is 4.35. The minimum Gasteiger partial charge on any atom is -0.478 e. The molecule has 4 heteroatoms. The van der Waals surface area contributed by atoms with Crippen LogP contribution in [0.25, 0.3) is 0 Å². The van der Waals surface area contributed by atoms with Crippen molar-refractivity contribution < 1.29 is 19.4 Å². The van der Waals surface area contributed by atoms with Crippen molar-refractivity contribution in [2.45, 2.75) is 103 Å². The van der Waals surface area contributed by atoms with E-state index in [0.717, 1.165) is 25.0 Å². The number of hydrogen-bond acceptors (Lipinski definition) is 3. The topological polar surface area (TPSA) is 63.6 Å². The van der Waals surface area contributed by atoms with Crippen LogP contribution in [0.3, 0.4) is 0 Å². The Labute approximate surface area is 154 Å². The summed E-state index contributed by atoms with van der Waals surface area (Å²) in [5, 5.41) is 8.38. The maximum atomic E-state index is 11.1.